The van der Waals surface area contributed by atoms with Gasteiger partial charge in [-0.1, -0.05) is 18.2 Å². The number of aryl methyl sites for hydroxylation is 1. The Bertz CT molecular complexity index is 581. The van der Waals surface area contributed by atoms with Crippen molar-refractivity contribution in [1.29, 1.82) is 0 Å². The van der Waals surface area contributed by atoms with Gasteiger partial charge in [0.1, 0.15) is 11.6 Å². The molecule has 0 saturated heterocycles. The molecular formula is C16H18FNO. The molecule has 19 heavy (non-hydrogen) atoms. The molecule has 2 aromatic carbocycles. The van der Waals surface area contributed by atoms with E-state index >= 15 is 0 Å². The zero-order valence-electron chi connectivity index (χ0n) is 11.5. The standard InChI is InChI=1S/C16H18FNO/c1-11-8-13(5-7-16(11)19-3)14-6-4-12(10-18-2)9-15(14)17/h4-9,18H,10H2,1-3H3. The van der Waals surface area contributed by atoms with Crippen molar-refractivity contribution in [2.75, 3.05) is 14.2 Å². The van der Waals surface area contributed by atoms with Gasteiger partial charge in [-0.2, -0.15) is 0 Å². The summed E-state index contributed by atoms with van der Waals surface area (Å²) < 4.78 is 19.3. The topological polar surface area (TPSA) is 21.3 Å². The number of ether oxygens (including phenoxy) is 1. The third kappa shape index (κ3) is 2.93. The van der Waals surface area contributed by atoms with Crippen LogP contribution in [0.15, 0.2) is 36.4 Å². The SMILES string of the molecule is CNCc1ccc(-c2ccc(OC)c(C)c2)c(F)c1. The van der Waals surface area contributed by atoms with Gasteiger partial charge in [0.25, 0.3) is 0 Å². The molecule has 3 heteroatoms. The lowest BCUT2D eigenvalue weighted by molar-refractivity contribution is 0.412. The second kappa shape index (κ2) is 5.85. The summed E-state index contributed by atoms with van der Waals surface area (Å²) in [6.45, 7) is 2.62. The van der Waals surface area contributed by atoms with Gasteiger partial charge in [0.05, 0.1) is 7.11 Å². The maximum absolute atomic E-state index is 14.1. The predicted molar refractivity (Wildman–Crippen MR) is 75.9 cm³/mol. The fraction of sp³-hybridized carbons (Fsp3) is 0.250. The van der Waals surface area contributed by atoms with Crippen LogP contribution in [-0.2, 0) is 6.54 Å². The van der Waals surface area contributed by atoms with Gasteiger partial charge in [-0.05, 0) is 48.9 Å². The minimum atomic E-state index is -0.197. The van der Waals surface area contributed by atoms with Crippen molar-refractivity contribution in [1.82, 2.24) is 5.32 Å². The third-order valence-corrected chi connectivity index (χ3v) is 3.12. The molecule has 0 saturated carbocycles. The first-order valence-electron chi connectivity index (χ1n) is 6.23. The van der Waals surface area contributed by atoms with Crippen LogP contribution in [-0.4, -0.2) is 14.2 Å². The molecule has 2 nitrogen and oxygen atoms in total. The summed E-state index contributed by atoms with van der Waals surface area (Å²) >= 11 is 0. The number of hydrogen-bond donors (Lipinski definition) is 1. The van der Waals surface area contributed by atoms with E-state index in [9.17, 15) is 4.39 Å². The molecule has 0 heterocycles. The molecule has 0 aromatic heterocycles. The number of benzene rings is 2. The van der Waals surface area contributed by atoms with Gasteiger partial charge in [0, 0.05) is 12.1 Å². The van der Waals surface area contributed by atoms with Crippen molar-refractivity contribution in [3.63, 3.8) is 0 Å². The molecule has 2 rings (SSSR count). The van der Waals surface area contributed by atoms with Crippen LogP contribution in [0.2, 0.25) is 0 Å². The molecule has 0 aliphatic rings. The molecule has 0 spiro atoms. The zero-order chi connectivity index (χ0) is 13.8. The minimum absolute atomic E-state index is 0.197. The maximum atomic E-state index is 14.1. The molecule has 0 fully saturated rings. The Kier molecular flexibility index (Phi) is 4.17. The highest BCUT2D eigenvalue weighted by Gasteiger charge is 2.08. The Morgan fingerprint density at radius 1 is 1.16 bits per heavy atom. The third-order valence-electron chi connectivity index (χ3n) is 3.12. The van der Waals surface area contributed by atoms with E-state index < -0.39 is 0 Å². The zero-order valence-corrected chi connectivity index (χ0v) is 11.5. The largest absolute Gasteiger partial charge is 0.496 e. The van der Waals surface area contributed by atoms with Crippen molar-refractivity contribution in [3.8, 4) is 16.9 Å². The van der Waals surface area contributed by atoms with E-state index in [0.29, 0.717) is 12.1 Å². The quantitative estimate of drug-likeness (QED) is 0.907. The number of hydrogen-bond acceptors (Lipinski definition) is 2. The molecule has 100 valence electrons. The summed E-state index contributed by atoms with van der Waals surface area (Å²) in [6.07, 6.45) is 0. The summed E-state index contributed by atoms with van der Waals surface area (Å²) in [4.78, 5) is 0. The first kappa shape index (κ1) is 13.6. The lowest BCUT2D eigenvalue weighted by Gasteiger charge is -2.09. The molecule has 0 atom stereocenters. The maximum Gasteiger partial charge on any atom is 0.131 e. The van der Waals surface area contributed by atoms with Crippen molar-refractivity contribution < 1.29 is 9.13 Å². The van der Waals surface area contributed by atoms with E-state index in [1.54, 1.807) is 13.2 Å². The van der Waals surface area contributed by atoms with E-state index in [1.165, 1.54) is 0 Å². The Morgan fingerprint density at radius 3 is 2.53 bits per heavy atom. The molecule has 0 amide bonds. The van der Waals surface area contributed by atoms with E-state index in [4.69, 9.17) is 4.74 Å². The molecule has 0 aliphatic carbocycles. The highest BCUT2D eigenvalue weighted by atomic mass is 19.1. The van der Waals surface area contributed by atoms with Crippen LogP contribution in [0.1, 0.15) is 11.1 Å². The molecule has 0 aliphatic heterocycles. The van der Waals surface area contributed by atoms with Crippen molar-refractivity contribution in [2.45, 2.75) is 13.5 Å². The number of halogens is 1. The average Bonchev–Trinajstić information content (AvgIpc) is 2.39. The second-order valence-electron chi connectivity index (χ2n) is 4.53. The summed E-state index contributed by atoms with van der Waals surface area (Å²) in [6, 6.07) is 11.0. The van der Waals surface area contributed by atoms with Crippen LogP contribution in [0, 0.1) is 12.7 Å². The van der Waals surface area contributed by atoms with Gasteiger partial charge in [-0.15, -0.1) is 0 Å². The first-order valence-corrected chi connectivity index (χ1v) is 6.23. The summed E-state index contributed by atoms with van der Waals surface area (Å²) in [5.41, 5.74) is 3.42. The first-order chi connectivity index (χ1) is 9.15. The van der Waals surface area contributed by atoms with Crippen molar-refractivity contribution >= 4 is 0 Å². The molecular weight excluding hydrogens is 241 g/mol. The Balaban J connectivity index is 2.39. The molecule has 0 bridgehead atoms. The normalized spacial score (nSPS) is 10.5. The van der Waals surface area contributed by atoms with Crippen LogP contribution in [0.3, 0.4) is 0 Å². The van der Waals surface area contributed by atoms with Crippen LogP contribution in [0.5, 0.6) is 5.75 Å². The lowest BCUT2D eigenvalue weighted by Crippen LogP contribution is -2.05. The van der Waals surface area contributed by atoms with Crippen molar-refractivity contribution in [2.24, 2.45) is 0 Å². The van der Waals surface area contributed by atoms with Gasteiger partial charge in [-0.3, -0.25) is 0 Å². The van der Waals surface area contributed by atoms with Crippen LogP contribution in [0.4, 0.5) is 4.39 Å². The molecule has 0 unspecified atom stereocenters. The smallest absolute Gasteiger partial charge is 0.131 e. The van der Waals surface area contributed by atoms with Crippen molar-refractivity contribution in [3.05, 3.63) is 53.3 Å². The summed E-state index contributed by atoms with van der Waals surface area (Å²) in [5, 5.41) is 3.01. The number of methoxy groups -OCH3 is 1. The number of rotatable bonds is 4. The number of nitrogens with one attached hydrogen (secondary N) is 1. The van der Waals surface area contributed by atoms with E-state index in [2.05, 4.69) is 5.32 Å². The Morgan fingerprint density at radius 2 is 1.95 bits per heavy atom. The van der Waals surface area contributed by atoms with Gasteiger partial charge >= 0.3 is 0 Å². The molecule has 2 aromatic rings. The summed E-state index contributed by atoms with van der Waals surface area (Å²) in [7, 11) is 3.48. The molecule has 0 radical (unpaired) electrons. The van der Waals surface area contributed by atoms with Gasteiger partial charge in [-0.25, -0.2) is 4.39 Å². The minimum Gasteiger partial charge on any atom is -0.496 e. The predicted octanol–water partition coefficient (Wildman–Crippen LogP) is 3.53. The van der Waals surface area contributed by atoms with Crippen LogP contribution in [0.25, 0.3) is 11.1 Å². The monoisotopic (exact) mass is 259 g/mol. The summed E-state index contributed by atoms with van der Waals surface area (Å²) in [5.74, 6) is 0.619. The van der Waals surface area contributed by atoms with E-state index in [0.717, 1.165) is 22.4 Å². The lowest BCUT2D eigenvalue weighted by atomic mass is 10.0. The van der Waals surface area contributed by atoms with Gasteiger partial charge in [0.15, 0.2) is 0 Å². The second-order valence-corrected chi connectivity index (χ2v) is 4.53. The Hall–Kier alpha value is -1.87. The highest BCUT2D eigenvalue weighted by Crippen LogP contribution is 2.28. The molecule has 1 N–H and O–H groups in total. The highest BCUT2D eigenvalue weighted by molar-refractivity contribution is 5.66. The fourth-order valence-electron chi connectivity index (χ4n) is 2.15. The van der Waals surface area contributed by atoms with E-state index in [1.807, 2.05) is 44.3 Å². The Labute approximate surface area is 113 Å². The van der Waals surface area contributed by atoms with Crippen LogP contribution >= 0.6 is 0 Å². The van der Waals surface area contributed by atoms with Gasteiger partial charge < -0.3 is 10.1 Å². The fourth-order valence-corrected chi connectivity index (χ4v) is 2.15. The van der Waals surface area contributed by atoms with Gasteiger partial charge in [0.2, 0.25) is 0 Å². The van der Waals surface area contributed by atoms with E-state index in [-0.39, 0.29) is 5.82 Å². The van der Waals surface area contributed by atoms with Crippen LogP contribution < -0.4 is 10.1 Å². The average molecular weight is 259 g/mol.